The van der Waals surface area contributed by atoms with Crippen LogP contribution in [0.1, 0.15) is 6.92 Å². The first kappa shape index (κ1) is 11.3. The van der Waals surface area contributed by atoms with Crippen molar-refractivity contribution in [2.45, 2.75) is 6.92 Å². The van der Waals surface area contributed by atoms with Gasteiger partial charge in [-0.1, -0.05) is 11.6 Å². The van der Waals surface area contributed by atoms with Crippen LogP contribution in [0, 0.1) is 11.3 Å². The van der Waals surface area contributed by atoms with Crippen molar-refractivity contribution in [1.29, 1.82) is 5.26 Å². The molecule has 78 valence electrons. The number of halogens is 1. The summed E-state index contributed by atoms with van der Waals surface area (Å²) in [7, 11) is 0. The van der Waals surface area contributed by atoms with Crippen LogP contribution < -0.4 is 10.1 Å². The lowest BCUT2D eigenvalue weighted by Crippen LogP contribution is -2.07. The average molecular weight is 225 g/mol. The molecule has 1 aromatic rings. The van der Waals surface area contributed by atoms with E-state index in [-0.39, 0.29) is 0 Å². The monoisotopic (exact) mass is 224 g/mol. The maximum atomic E-state index is 10.8. The molecule has 0 aromatic heterocycles. The van der Waals surface area contributed by atoms with Crippen LogP contribution in [0.5, 0.6) is 5.75 Å². The maximum Gasteiger partial charge on any atom is 0.326 e. The topological polar surface area (TPSA) is 62.1 Å². The first-order chi connectivity index (χ1) is 7.17. The van der Waals surface area contributed by atoms with Crippen molar-refractivity contribution in [1.82, 2.24) is 0 Å². The van der Waals surface area contributed by atoms with E-state index >= 15 is 0 Å². The number of nitrogens with zero attached hydrogens (tertiary/aromatic N) is 1. The van der Waals surface area contributed by atoms with Gasteiger partial charge < -0.3 is 10.1 Å². The molecule has 0 fully saturated rings. The highest BCUT2D eigenvalue weighted by Crippen LogP contribution is 2.27. The number of anilines is 1. The SMILES string of the molecule is CCOc1ccc(NC(=O)C#N)cc1Cl. The summed E-state index contributed by atoms with van der Waals surface area (Å²) in [5, 5.41) is 11.0. The molecule has 4 nitrogen and oxygen atoms in total. The third-order valence-electron chi connectivity index (χ3n) is 1.59. The second-order valence-corrected chi connectivity index (χ2v) is 3.05. The molecule has 15 heavy (non-hydrogen) atoms. The number of hydrogen-bond acceptors (Lipinski definition) is 3. The first-order valence-electron chi connectivity index (χ1n) is 4.30. The fraction of sp³-hybridized carbons (Fsp3) is 0.200. The van der Waals surface area contributed by atoms with Crippen molar-refractivity contribution < 1.29 is 9.53 Å². The zero-order chi connectivity index (χ0) is 11.3. The van der Waals surface area contributed by atoms with Crippen molar-refractivity contribution in [2.75, 3.05) is 11.9 Å². The van der Waals surface area contributed by atoms with Gasteiger partial charge in [-0.05, 0) is 25.1 Å². The quantitative estimate of drug-likeness (QED) is 0.801. The van der Waals surface area contributed by atoms with E-state index in [4.69, 9.17) is 21.6 Å². The second-order valence-electron chi connectivity index (χ2n) is 2.64. The van der Waals surface area contributed by atoms with E-state index in [1.807, 2.05) is 6.92 Å². The van der Waals surface area contributed by atoms with Gasteiger partial charge in [0, 0.05) is 5.69 Å². The number of amides is 1. The van der Waals surface area contributed by atoms with Gasteiger partial charge >= 0.3 is 5.91 Å². The molecular weight excluding hydrogens is 216 g/mol. The number of carbonyl (C=O) groups is 1. The van der Waals surface area contributed by atoms with E-state index in [1.165, 1.54) is 12.1 Å². The van der Waals surface area contributed by atoms with Crippen molar-refractivity contribution in [3.63, 3.8) is 0 Å². The number of carbonyl (C=O) groups excluding carboxylic acids is 1. The van der Waals surface area contributed by atoms with E-state index in [0.717, 1.165) is 0 Å². The highest BCUT2D eigenvalue weighted by atomic mass is 35.5. The Morgan fingerprint density at radius 3 is 2.93 bits per heavy atom. The molecule has 0 bridgehead atoms. The van der Waals surface area contributed by atoms with Crippen LogP contribution in [-0.2, 0) is 4.79 Å². The Kier molecular flexibility index (Phi) is 3.95. The number of nitriles is 1. The molecule has 5 heteroatoms. The minimum atomic E-state index is -0.727. The smallest absolute Gasteiger partial charge is 0.326 e. The Hall–Kier alpha value is -1.73. The summed E-state index contributed by atoms with van der Waals surface area (Å²) < 4.78 is 5.21. The average Bonchev–Trinajstić information content (AvgIpc) is 2.22. The predicted octanol–water partition coefficient (Wildman–Crippen LogP) is 2.20. The summed E-state index contributed by atoms with van der Waals surface area (Å²) >= 11 is 5.88. The third-order valence-corrected chi connectivity index (χ3v) is 1.89. The minimum Gasteiger partial charge on any atom is -0.492 e. The van der Waals surface area contributed by atoms with Gasteiger partial charge in [0.1, 0.15) is 5.75 Å². The molecule has 0 spiro atoms. The van der Waals surface area contributed by atoms with Gasteiger partial charge in [-0.3, -0.25) is 4.79 Å². The highest BCUT2D eigenvalue weighted by Gasteiger charge is 2.04. The van der Waals surface area contributed by atoms with E-state index in [1.54, 1.807) is 12.1 Å². The lowest BCUT2D eigenvalue weighted by Gasteiger charge is -2.07. The Labute approximate surface area is 92.4 Å². The van der Waals surface area contributed by atoms with Crippen LogP contribution in [-0.4, -0.2) is 12.5 Å². The van der Waals surface area contributed by atoms with Crippen LogP contribution in [0.15, 0.2) is 18.2 Å². The summed E-state index contributed by atoms with van der Waals surface area (Å²) in [4.78, 5) is 10.8. The molecule has 0 saturated heterocycles. The predicted molar refractivity (Wildman–Crippen MR) is 56.9 cm³/mol. The van der Waals surface area contributed by atoms with Crippen molar-refractivity contribution in [3.05, 3.63) is 23.2 Å². The molecule has 0 radical (unpaired) electrons. The van der Waals surface area contributed by atoms with Crippen LogP contribution in [0.4, 0.5) is 5.69 Å². The second kappa shape index (κ2) is 5.23. The number of hydrogen-bond donors (Lipinski definition) is 1. The zero-order valence-electron chi connectivity index (χ0n) is 8.08. The molecule has 0 heterocycles. The molecular formula is C10H9ClN2O2. The number of rotatable bonds is 3. The van der Waals surface area contributed by atoms with Crippen molar-refractivity contribution >= 4 is 23.2 Å². The molecule has 0 saturated carbocycles. The van der Waals surface area contributed by atoms with E-state index in [2.05, 4.69) is 5.32 Å². The van der Waals surface area contributed by atoms with Crippen molar-refractivity contribution in [3.8, 4) is 11.8 Å². The Balaban J connectivity index is 2.83. The molecule has 1 N–H and O–H groups in total. The fourth-order valence-corrected chi connectivity index (χ4v) is 1.25. The van der Waals surface area contributed by atoms with E-state index in [0.29, 0.717) is 23.1 Å². The minimum absolute atomic E-state index is 0.396. The molecule has 1 aromatic carbocycles. The van der Waals surface area contributed by atoms with Gasteiger partial charge in [-0.25, -0.2) is 0 Å². The molecule has 0 unspecified atom stereocenters. The Morgan fingerprint density at radius 2 is 2.40 bits per heavy atom. The largest absolute Gasteiger partial charge is 0.492 e. The lowest BCUT2D eigenvalue weighted by atomic mass is 10.3. The molecule has 0 aliphatic heterocycles. The fourth-order valence-electron chi connectivity index (χ4n) is 1.01. The van der Waals surface area contributed by atoms with Gasteiger partial charge in [-0.15, -0.1) is 0 Å². The molecule has 1 rings (SSSR count). The Morgan fingerprint density at radius 1 is 1.67 bits per heavy atom. The normalized spacial score (nSPS) is 9.13. The number of nitrogens with one attached hydrogen (secondary N) is 1. The molecule has 0 aliphatic carbocycles. The van der Waals surface area contributed by atoms with Gasteiger partial charge in [0.2, 0.25) is 0 Å². The summed E-state index contributed by atoms with van der Waals surface area (Å²) in [6.45, 7) is 2.37. The molecule has 0 atom stereocenters. The van der Waals surface area contributed by atoms with Crippen molar-refractivity contribution in [2.24, 2.45) is 0 Å². The van der Waals surface area contributed by atoms with Gasteiger partial charge in [-0.2, -0.15) is 5.26 Å². The zero-order valence-corrected chi connectivity index (χ0v) is 8.84. The molecule has 0 aliphatic rings. The van der Waals surface area contributed by atoms with Crippen LogP contribution in [0.2, 0.25) is 5.02 Å². The lowest BCUT2D eigenvalue weighted by molar-refractivity contribution is -0.111. The summed E-state index contributed by atoms with van der Waals surface area (Å²) in [6, 6.07) is 6.23. The van der Waals surface area contributed by atoms with Crippen LogP contribution in [0.3, 0.4) is 0 Å². The van der Waals surface area contributed by atoms with Crippen LogP contribution >= 0.6 is 11.6 Å². The van der Waals surface area contributed by atoms with Gasteiger partial charge in [0.25, 0.3) is 0 Å². The third kappa shape index (κ3) is 3.15. The van der Waals surface area contributed by atoms with Gasteiger partial charge in [0.05, 0.1) is 11.6 Å². The summed E-state index contributed by atoms with van der Waals surface area (Å²) in [5.74, 6) is -0.177. The van der Waals surface area contributed by atoms with E-state index < -0.39 is 5.91 Å². The number of ether oxygens (including phenoxy) is 1. The maximum absolute atomic E-state index is 10.8. The number of benzene rings is 1. The summed E-state index contributed by atoms with van der Waals surface area (Å²) in [5.41, 5.74) is 0.468. The standard InChI is InChI=1S/C10H9ClN2O2/c1-2-15-9-4-3-7(5-8(9)11)13-10(14)6-12/h3-5H,2H2,1H3,(H,13,14). The molecule has 1 amide bonds. The first-order valence-corrected chi connectivity index (χ1v) is 4.68. The Bertz CT molecular complexity index is 412. The van der Waals surface area contributed by atoms with E-state index in [9.17, 15) is 4.79 Å². The summed E-state index contributed by atoms with van der Waals surface area (Å²) in [6.07, 6.45) is 0. The van der Waals surface area contributed by atoms with Gasteiger partial charge in [0.15, 0.2) is 6.07 Å². The van der Waals surface area contributed by atoms with Crippen LogP contribution in [0.25, 0.3) is 0 Å². The highest BCUT2D eigenvalue weighted by molar-refractivity contribution is 6.32.